The van der Waals surface area contributed by atoms with Crippen LogP contribution in [-0.4, -0.2) is 40.5 Å². The fourth-order valence-corrected chi connectivity index (χ4v) is 4.15. The number of aryl methyl sites for hydroxylation is 2. The number of nitrogens with one attached hydrogen (secondary N) is 1. The van der Waals surface area contributed by atoms with Gasteiger partial charge in [-0.25, -0.2) is 8.78 Å². The van der Waals surface area contributed by atoms with Crippen LogP contribution < -0.4 is 11.1 Å². The van der Waals surface area contributed by atoms with Crippen molar-refractivity contribution in [3.63, 3.8) is 0 Å². The van der Waals surface area contributed by atoms with E-state index in [0.717, 1.165) is 29.2 Å². The summed E-state index contributed by atoms with van der Waals surface area (Å²) in [5, 5.41) is 13.6. The first-order chi connectivity index (χ1) is 17.5. The van der Waals surface area contributed by atoms with Gasteiger partial charge in [-0.1, -0.05) is 37.3 Å². The van der Waals surface area contributed by atoms with E-state index in [4.69, 9.17) is 5.73 Å². The Hall–Kier alpha value is -3.62. The van der Waals surface area contributed by atoms with Crippen LogP contribution in [0.2, 0.25) is 0 Å². The second-order valence-electron chi connectivity index (χ2n) is 9.28. The Morgan fingerprint density at radius 1 is 1.00 bits per heavy atom. The molecular weight excluding hydrogens is 476 g/mol. The van der Waals surface area contributed by atoms with Gasteiger partial charge in [-0.3, -0.25) is 9.59 Å². The molecule has 37 heavy (non-hydrogen) atoms. The van der Waals surface area contributed by atoms with Gasteiger partial charge in [0.1, 0.15) is 11.6 Å². The SMILES string of the molecule is CCc1cccc(CN(C[C@@H](O)[C@@H](N)Cc2cc(F)cc(F)c2)C(=O)c2ccc(C)c(NC(C)=O)c2)c1. The monoisotopic (exact) mass is 509 g/mol. The highest BCUT2D eigenvalue weighted by atomic mass is 19.1. The predicted molar refractivity (Wildman–Crippen MR) is 140 cm³/mol. The second-order valence-corrected chi connectivity index (χ2v) is 9.28. The summed E-state index contributed by atoms with van der Waals surface area (Å²) in [7, 11) is 0. The summed E-state index contributed by atoms with van der Waals surface area (Å²) in [6.45, 7) is 5.37. The first-order valence-corrected chi connectivity index (χ1v) is 12.2. The van der Waals surface area contributed by atoms with Crippen molar-refractivity contribution in [2.45, 2.75) is 52.3 Å². The molecule has 0 radical (unpaired) electrons. The Morgan fingerprint density at radius 3 is 2.32 bits per heavy atom. The highest BCUT2D eigenvalue weighted by molar-refractivity contribution is 5.97. The van der Waals surface area contributed by atoms with Crippen LogP contribution in [0.4, 0.5) is 14.5 Å². The molecule has 0 saturated carbocycles. The van der Waals surface area contributed by atoms with Gasteiger partial charge in [0.2, 0.25) is 5.91 Å². The molecule has 2 atom stereocenters. The van der Waals surface area contributed by atoms with Gasteiger partial charge in [-0.15, -0.1) is 0 Å². The number of rotatable bonds is 10. The molecule has 0 heterocycles. The zero-order chi connectivity index (χ0) is 27.1. The minimum atomic E-state index is -1.16. The number of aliphatic hydroxyl groups is 1. The maximum atomic E-state index is 13.6. The minimum absolute atomic E-state index is 0.0282. The maximum Gasteiger partial charge on any atom is 0.254 e. The standard InChI is InChI=1S/C29H33F2N3O3/c1-4-20-6-5-7-21(10-20)16-34(29(37)23-9-8-18(2)27(14-23)33-19(3)35)17-28(36)26(32)13-22-11-24(30)15-25(31)12-22/h5-12,14-15,26,28,36H,4,13,16-17,32H2,1-3H3,(H,33,35)/t26-,28+/m0/s1. The smallest absolute Gasteiger partial charge is 0.254 e. The van der Waals surface area contributed by atoms with Gasteiger partial charge in [0, 0.05) is 43.4 Å². The predicted octanol–water partition coefficient (Wildman–Crippen LogP) is 4.37. The van der Waals surface area contributed by atoms with Gasteiger partial charge < -0.3 is 21.1 Å². The molecule has 0 aromatic heterocycles. The first-order valence-electron chi connectivity index (χ1n) is 12.2. The van der Waals surface area contributed by atoms with Gasteiger partial charge in [0.05, 0.1) is 6.10 Å². The lowest BCUT2D eigenvalue weighted by molar-refractivity contribution is -0.114. The average Bonchev–Trinajstić information content (AvgIpc) is 2.83. The Bertz CT molecular complexity index is 1240. The number of halogens is 2. The molecule has 0 aliphatic rings. The third kappa shape index (κ3) is 7.93. The van der Waals surface area contributed by atoms with Crippen LogP contribution in [0.3, 0.4) is 0 Å². The molecule has 0 spiro atoms. The van der Waals surface area contributed by atoms with Crippen LogP contribution in [0.15, 0.2) is 60.7 Å². The summed E-state index contributed by atoms with van der Waals surface area (Å²) in [5.41, 5.74) is 10.2. The second kappa shape index (κ2) is 12.6. The number of carbonyl (C=O) groups is 2. The third-order valence-corrected chi connectivity index (χ3v) is 6.15. The molecule has 4 N–H and O–H groups in total. The van der Waals surface area contributed by atoms with Crippen LogP contribution in [0, 0.1) is 18.6 Å². The van der Waals surface area contributed by atoms with Gasteiger partial charge in [-0.2, -0.15) is 0 Å². The fourth-order valence-electron chi connectivity index (χ4n) is 4.15. The van der Waals surface area contributed by atoms with E-state index in [9.17, 15) is 23.5 Å². The maximum absolute atomic E-state index is 13.6. The summed E-state index contributed by atoms with van der Waals surface area (Å²) in [6.07, 6.45) is -0.303. The Kier molecular flexibility index (Phi) is 9.49. The molecule has 196 valence electrons. The molecule has 3 rings (SSSR count). The van der Waals surface area contributed by atoms with Crippen molar-refractivity contribution in [1.82, 2.24) is 4.90 Å². The normalized spacial score (nSPS) is 12.6. The molecular formula is C29H33F2N3O3. The van der Waals surface area contributed by atoms with E-state index in [-0.39, 0.29) is 31.3 Å². The molecule has 2 amide bonds. The molecule has 3 aromatic rings. The van der Waals surface area contributed by atoms with E-state index in [0.29, 0.717) is 16.8 Å². The van der Waals surface area contributed by atoms with E-state index in [1.807, 2.05) is 38.1 Å². The van der Waals surface area contributed by atoms with Crippen molar-refractivity contribution in [3.05, 3.63) is 100 Å². The first kappa shape index (κ1) is 28.0. The number of hydrogen-bond donors (Lipinski definition) is 3. The quantitative estimate of drug-likeness (QED) is 0.378. The highest BCUT2D eigenvalue weighted by Gasteiger charge is 2.24. The largest absolute Gasteiger partial charge is 0.390 e. The molecule has 0 saturated heterocycles. The number of hydrogen-bond acceptors (Lipinski definition) is 4. The van der Waals surface area contributed by atoms with E-state index < -0.39 is 23.8 Å². The van der Waals surface area contributed by atoms with Gasteiger partial charge in [0.15, 0.2) is 0 Å². The van der Waals surface area contributed by atoms with Gasteiger partial charge in [-0.05, 0) is 66.3 Å². The van der Waals surface area contributed by atoms with E-state index in [2.05, 4.69) is 5.32 Å². The molecule has 8 heteroatoms. The van der Waals surface area contributed by atoms with E-state index in [1.54, 1.807) is 18.2 Å². The van der Waals surface area contributed by atoms with Crippen molar-refractivity contribution in [3.8, 4) is 0 Å². The van der Waals surface area contributed by atoms with Crippen LogP contribution in [0.5, 0.6) is 0 Å². The van der Waals surface area contributed by atoms with Crippen molar-refractivity contribution in [1.29, 1.82) is 0 Å². The van der Waals surface area contributed by atoms with Crippen LogP contribution >= 0.6 is 0 Å². The average molecular weight is 510 g/mol. The number of amides is 2. The molecule has 0 unspecified atom stereocenters. The summed E-state index contributed by atoms with van der Waals surface area (Å²) >= 11 is 0. The molecule has 0 aliphatic carbocycles. The zero-order valence-electron chi connectivity index (χ0n) is 21.3. The lowest BCUT2D eigenvalue weighted by Crippen LogP contribution is -2.46. The lowest BCUT2D eigenvalue weighted by atomic mass is 10.0. The van der Waals surface area contributed by atoms with Crippen molar-refractivity contribution < 1.29 is 23.5 Å². The molecule has 3 aromatic carbocycles. The highest BCUT2D eigenvalue weighted by Crippen LogP contribution is 2.20. The van der Waals surface area contributed by atoms with Gasteiger partial charge >= 0.3 is 0 Å². The lowest BCUT2D eigenvalue weighted by Gasteiger charge is -2.29. The van der Waals surface area contributed by atoms with E-state index >= 15 is 0 Å². The zero-order valence-corrected chi connectivity index (χ0v) is 21.3. The molecule has 0 fully saturated rings. The van der Waals surface area contributed by atoms with Crippen LogP contribution in [0.25, 0.3) is 0 Å². The number of nitrogens with zero attached hydrogens (tertiary/aromatic N) is 1. The Balaban J connectivity index is 1.86. The summed E-state index contributed by atoms with van der Waals surface area (Å²) in [4.78, 5) is 26.7. The number of nitrogens with two attached hydrogens (primary N) is 1. The molecule has 0 bridgehead atoms. The topological polar surface area (TPSA) is 95.7 Å². The van der Waals surface area contributed by atoms with Crippen LogP contribution in [-0.2, 0) is 24.2 Å². The third-order valence-electron chi connectivity index (χ3n) is 6.15. The molecule has 6 nitrogen and oxygen atoms in total. The van der Waals surface area contributed by atoms with Crippen molar-refractivity contribution in [2.75, 3.05) is 11.9 Å². The van der Waals surface area contributed by atoms with Crippen LogP contribution in [0.1, 0.15) is 46.5 Å². The number of benzene rings is 3. The summed E-state index contributed by atoms with van der Waals surface area (Å²) < 4.78 is 27.2. The van der Waals surface area contributed by atoms with E-state index in [1.165, 1.54) is 24.0 Å². The minimum Gasteiger partial charge on any atom is -0.390 e. The Labute approximate surface area is 216 Å². The summed E-state index contributed by atoms with van der Waals surface area (Å²) in [6, 6.07) is 15.1. The molecule has 0 aliphatic heterocycles. The van der Waals surface area contributed by atoms with Gasteiger partial charge in [0.25, 0.3) is 5.91 Å². The number of aliphatic hydroxyl groups excluding tert-OH is 1. The van der Waals surface area contributed by atoms with Crippen molar-refractivity contribution in [2.24, 2.45) is 5.73 Å². The Morgan fingerprint density at radius 2 is 1.68 bits per heavy atom. The summed E-state index contributed by atoms with van der Waals surface area (Å²) in [5.74, 6) is -2.05. The van der Waals surface area contributed by atoms with Crippen molar-refractivity contribution >= 4 is 17.5 Å². The number of carbonyl (C=O) groups excluding carboxylic acids is 2. The fraction of sp³-hybridized carbons (Fsp3) is 0.310. The number of anilines is 1.